The van der Waals surface area contributed by atoms with Gasteiger partial charge in [-0.2, -0.15) is 10.2 Å². The summed E-state index contributed by atoms with van der Waals surface area (Å²) in [5, 5.41) is 9.95. The Bertz CT molecular complexity index is 890. The largest absolute Gasteiger partial charge is 0.342 e. The lowest BCUT2D eigenvalue weighted by molar-refractivity contribution is -0.120. The number of aromatic amines is 2. The minimum Gasteiger partial charge on any atom is -0.273 e. The molecule has 0 bridgehead atoms. The molecule has 23 heavy (non-hydrogen) atoms. The zero-order valence-electron chi connectivity index (χ0n) is 11.2. The van der Waals surface area contributed by atoms with E-state index in [0.717, 1.165) is 0 Å². The fourth-order valence-electron chi connectivity index (χ4n) is 1.51. The van der Waals surface area contributed by atoms with E-state index in [0.29, 0.717) is 10.6 Å². The summed E-state index contributed by atoms with van der Waals surface area (Å²) in [7, 11) is 0. The Balaban J connectivity index is 2.06. The molecule has 3 N–H and O–H groups in total. The molecule has 0 spiro atoms. The predicted octanol–water partition coefficient (Wildman–Crippen LogP) is 1.11. The Labute approximate surface area is 143 Å². The first-order chi connectivity index (χ1) is 10.9. The number of amides is 1. The number of H-pyrrole nitrogens is 2. The van der Waals surface area contributed by atoms with Crippen molar-refractivity contribution in [3.8, 4) is 0 Å². The average Bonchev–Trinajstić information content (AvgIpc) is 2.49. The van der Waals surface area contributed by atoms with Gasteiger partial charge in [0.2, 0.25) is 5.91 Å². The smallest absolute Gasteiger partial charge is 0.273 e. The van der Waals surface area contributed by atoms with Crippen LogP contribution in [0.15, 0.2) is 26.8 Å². The Kier molecular flexibility index (Phi) is 5.54. The van der Waals surface area contributed by atoms with Crippen LogP contribution in [0.2, 0.25) is 15.1 Å². The summed E-state index contributed by atoms with van der Waals surface area (Å²) in [6.45, 7) is 0. The number of aromatic nitrogens is 3. The highest BCUT2D eigenvalue weighted by Gasteiger charge is 2.10. The van der Waals surface area contributed by atoms with Crippen LogP contribution >= 0.6 is 34.8 Å². The van der Waals surface area contributed by atoms with Crippen molar-refractivity contribution in [3.63, 3.8) is 0 Å². The highest BCUT2D eigenvalue weighted by molar-refractivity contribution is 6.45. The number of hydrogen-bond acceptors (Lipinski definition) is 5. The van der Waals surface area contributed by atoms with Crippen LogP contribution in [-0.2, 0) is 11.2 Å². The molecule has 0 fully saturated rings. The molecule has 0 aliphatic carbocycles. The second-order valence-electron chi connectivity index (χ2n) is 4.18. The van der Waals surface area contributed by atoms with Gasteiger partial charge in [0, 0.05) is 5.56 Å². The van der Waals surface area contributed by atoms with Crippen LogP contribution in [0.5, 0.6) is 0 Å². The van der Waals surface area contributed by atoms with Gasteiger partial charge in [-0.15, -0.1) is 0 Å². The minimum atomic E-state index is -0.762. The number of nitrogens with zero attached hydrogens (tertiary/aromatic N) is 2. The van der Waals surface area contributed by atoms with Crippen molar-refractivity contribution in [2.24, 2.45) is 5.10 Å². The predicted molar refractivity (Wildman–Crippen MR) is 86.4 cm³/mol. The number of benzene rings is 1. The van der Waals surface area contributed by atoms with Crippen molar-refractivity contribution < 1.29 is 4.79 Å². The molecule has 0 saturated carbocycles. The zero-order chi connectivity index (χ0) is 17.0. The first-order valence-corrected chi connectivity index (χ1v) is 7.15. The van der Waals surface area contributed by atoms with Gasteiger partial charge >= 0.3 is 5.69 Å². The summed E-state index contributed by atoms with van der Waals surface area (Å²) in [6.07, 6.45) is 0.847. The average molecular weight is 377 g/mol. The quantitative estimate of drug-likeness (QED) is 0.420. The van der Waals surface area contributed by atoms with Crippen molar-refractivity contribution in [2.75, 3.05) is 0 Å². The fraction of sp³-hybridized carbons (Fsp3) is 0.0833. The van der Waals surface area contributed by atoms with Gasteiger partial charge in [-0.05, 0) is 12.1 Å². The molecule has 1 aromatic heterocycles. The van der Waals surface area contributed by atoms with E-state index in [9.17, 15) is 14.4 Å². The van der Waals surface area contributed by atoms with Crippen molar-refractivity contribution >= 4 is 46.9 Å². The molecular formula is C12H8Cl3N5O3. The molecule has 8 nitrogen and oxygen atoms in total. The molecule has 0 saturated heterocycles. The van der Waals surface area contributed by atoms with Gasteiger partial charge in [0.15, 0.2) is 0 Å². The van der Waals surface area contributed by atoms with Gasteiger partial charge < -0.3 is 0 Å². The van der Waals surface area contributed by atoms with Crippen LogP contribution in [0.1, 0.15) is 11.3 Å². The van der Waals surface area contributed by atoms with E-state index >= 15 is 0 Å². The monoisotopic (exact) mass is 375 g/mol. The van der Waals surface area contributed by atoms with Crippen LogP contribution < -0.4 is 16.7 Å². The molecule has 1 amide bonds. The molecule has 1 heterocycles. The Hall–Kier alpha value is -2.16. The summed E-state index contributed by atoms with van der Waals surface area (Å²) < 4.78 is 0. The van der Waals surface area contributed by atoms with E-state index in [1.165, 1.54) is 18.3 Å². The van der Waals surface area contributed by atoms with Gasteiger partial charge in [-0.1, -0.05) is 34.8 Å². The number of rotatable bonds is 4. The van der Waals surface area contributed by atoms with Crippen LogP contribution in [0.25, 0.3) is 0 Å². The Morgan fingerprint density at radius 3 is 2.65 bits per heavy atom. The molecule has 11 heteroatoms. The minimum absolute atomic E-state index is 0.156. The summed E-state index contributed by atoms with van der Waals surface area (Å²) in [5.41, 5.74) is 0.841. The van der Waals surface area contributed by atoms with Gasteiger partial charge in [0.1, 0.15) is 5.69 Å². The molecule has 2 aromatic rings. The lowest BCUT2D eigenvalue weighted by Crippen LogP contribution is -2.31. The lowest BCUT2D eigenvalue weighted by Gasteiger charge is -2.03. The molecule has 120 valence electrons. The number of halogens is 3. The normalized spacial score (nSPS) is 10.9. The molecule has 0 aliphatic rings. The van der Waals surface area contributed by atoms with Gasteiger partial charge in [0.25, 0.3) is 5.56 Å². The number of hydrogen-bond donors (Lipinski definition) is 3. The molecular weight excluding hydrogens is 369 g/mol. The van der Waals surface area contributed by atoms with E-state index in [4.69, 9.17) is 34.8 Å². The number of carbonyl (C=O) groups is 1. The second kappa shape index (κ2) is 7.40. The van der Waals surface area contributed by atoms with E-state index in [1.54, 1.807) is 0 Å². The summed E-state index contributed by atoms with van der Waals surface area (Å²) in [4.78, 5) is 35.8. The van der Waals surface area contributed by atoms with Crippen LogP contribution in [-0.4, -0.2) is 27.3 Å². The Morgan fingerprint density at radius 2 is 1.96 bits per heavy atom. The lowest BCUT2D eigenvalue weighted by atomic mass is 10.2. The maximum Gasteiger partial charge on any atom is 0.342 e. The van der Waals surface area contributed by atoms with Crippen molar-refractivity contribution in [2.45, 2.75) is 6.42 Å². The Morgan fingerprint density at radius 1 is 1.26 bits per heavy atom. The summed E-state index contributed by atoms with van der Waals surface area (Å²) >= 11 is 17.8. The molecule has 0 aliphatic heterocycles. The van der Waals surface area contributed by atoms with E-state index < -0.39 is 17.2 Å². The molecule has 2 rings (SSSR count). The third kappa shape index (κ3) is 4.41. The standard InChI is InChI=1S/C12H8Cl3N5O3/c13-6-1-2-7(14)10(15)5(6)4-16-19-9(21)3-8-11(22)17-12(23)20-18-8/h1-2,4H,3H2,(H,19,21)(H2,17,20,22,23)/b16-4-. The molecule has 0 unspecified atom stereocenters. The third-order valence-electron chi connectivity index (χ3n) is 2.57. The first-order valence-electron chi connectivity index (χ1n) is 6.01. The summed E-state index contributed by atoms with van der Waals surface area (Å²) in [6, 6.07) is 3.05. The van der Waals surface area contributed by atoms with Gasteiger partial charge in [0.05, 0.1) is 27.7 Å². The maximum atomic E-state index is 11.7. The molecule has 0 atom stereocenters. The first kappa shape index (κ1) is 17.2. The zero-order valence-corrected chi connectivity index (χ0v) is 13.5. The maximum absolute atomic E-state index is 11.7. The number of carbonyl (C=O) groups excluding carboxylic acids is 1. The van der Waals surface area contributed by atoms with Crippen LogP contribution in [0.4, 0.5) is 0 Å². The summed E-state index contributed by atoms with van der Waals surface area (Å²) in [5.74, 6) is -0.624. The van der Waals surface area contributed by atoms with Crippen molar-refractivity contribution in [3.05, 3.63) is 59.3 Å². The molecule has 1 aromatic carbocycles. The SMILES string of the molecule is O=C(Cc1n[nH]c(=O)[nH]c1=O)N/N=C\c1c(Cl)ccc(Cl)c1Cl. The van der Waals surface area contributed by atoms with Crippen molar-refractivity contribution in [1.29, 1.82) is 0 Å². The van der Waals surface area contributed by atoms with Gasteiger partial charge in [-0.25, -0.2) is 15.3 Å². The topological polar surface area (TPSA) is 120 Å². The highest BCUT2D eigenvalue weighted by atomic mass is 35.5. The third-order valence-corrected chi connectivity index (χ3v) is 3.72. The van der Waals surface area contributed by atoms with Crippen LogP contribution in [0, 0.1) is 0 Å². The van der Waals surface area contributed by atoms with Crippen molar-refractivity contribution in [1.82, 2.24) is 20.6 Å². The molecule has 0 radical (unpaired) electrons. The second-order valence-corrected chi connectivity index (χ2v) is 5.37. The fourth-order valence-corrected chi connectivity index (χ4v) is 2.15. The van der Waals surface area contributed by atoms with Gasteiger partial charge in [-0.3, -0.25) is 14.6 Å². The van der Waals surface area contributed by atoms with E-state index in [1.807, 2.05) is 10.1 Å². The van der Waals surface area contributed by atoms with E-state index in [2.05, 4.69) is 15.6 Å². The van der Waals surface area contributed by atoms with Crippen LogP contribution in [0.3, 0.4) is 0 Å². The number of nitrogens with one attached hydrogen (secondary N) is 3. The van der Waals surface area contributed by atoms with E-state index in [-0.39, 0.29) is 22.2 Å². The highest BCUT2D eigenvalue weighted by Crippen LogP contribution is 2.29. The number of hydrazone groups is 1.